The van der Waals surface area contributed by atoms with Crippen LogP contribution >= 0.6 is 27.3 Å². The zero-order chi connectivity index (χ0) is 13.1. The molecular weight excluding hydrogens is 319 g/mol. The van der Waals surface area contributed by atoms with E-state index in [1.165, 1.54) is 23.5 Å². The number of hydrogen-bond donors (Lipinski definition) is 1. The van der Waals surface area contributed by atoms with E-state index in [2.05, 4.69) is 15.9 Å². The van der Waals surface area contributed by atoms with E-state index in [0.29, 0.717) is 12.2 Å². The van der Waals surface area contributed by atoms with Crippen LogP contribution in [0.2, 0.25) is 0 Å². The first-order valence-electron chi connectivity index (χ1n) is 5.35. The highest BCUT2D eigenvalue weighted by molar-refractivity contribution is 9.10. The summed E-state index contributed by atoms with van der Waals surface area (Å²) in [6.45, 7) is 0. The summed E-state index contributed by atoms with van der Waals surface area (Å²) in [5.41, 5.74) is 0.734. The molecule has 0 saturated carbocycles. The maximum atomic E-state index is 13.2. The van der Waals surface area contributed by atoms with E-state index in [-0.39, 0.29) is 5.82 Å². The minimum absolute atomic E-state index is 0.307. The zero-order valence-corrected chi connectivity index (χ0v) is 12.1. The Kier molecular flexibility index (Phi) is 4.37. The molecule has 0 aliphatic heterocycles. The van der Waals surface area contributed by atoms with E-state index in [1.54, 1.807) is 13.2 Å². The fraction of sp³-hybridized carbons (Fsp3) is 0.231. The molecule has 0 saturated heterocycles. The first kappa shape index (κ1) is 13.5. The van der Waals surface area contributed by atoms with Crippen molar-refractivity contribution in [3.63, 3.8) is 0 Å². The fourth-order valence-electron chi connectivity index (χ4n) is 1.72. The summed E-state index contributed by atoms with van der Waals surface area (Å²) < 4.78 is 19.1. The summed E-state index contributed by atoms with van der Waals surface area (Å²) in [6.07, 6.45) is -0.354. The number of aliphatic hydroxyl groups is 1. The summed E-state index contributed by atoms with van der Waals surface area (Å²) in [4.78, 5) is 0.758. The summed E-state index contributed by atoms with van der Waals surface area (Å²) in [6, 6.07) is 6.26. The van der Waals surface area contributed by atoms with Gasteiger partial charge in [0.2, 0.25) is 0 Å². The lowest BCUT2D eigenvalue weighted by Crippen LogP contribution is -2.02. The molecule has 0 aliphatic carbocycles. The number of ether oxygens (including phenoxy) is 1. The molecule has 96 valence electrons. The van der Waals surface area contributed by atoms with Gasteiger partial charge in [0, 0.05) is 10.9 Å². The average molecular weight is 331 g/mol. The molecule has 1 aromatic heterocycles. The van der Waals surface area contributed by atoms with Crippen LogP contribution < -0.4 is 4.74 Å². The van der Waals surface area contributed by atoms with Crippen LogP contribution in [0.25, 0.3) is 0 Å². The topological polar surface area (TPSA) is 29.5 Å². The standard InChI is InChI=1S/C13H12BrFO2S/c1-17-12-4-5-18-13(12)11(16)7-8-6-9(15)2-3-10(8)14/h2-6,11,16H,7H2,1H3. The van der Waals surface area contributed by atoms with Gasteiger partial charge in [-0.15, -0.1) is 11.3 Å². The van der Waals surface area contributed by atoms with Gasteiger partial charge in [-0.3, -0.25) is 0 Å². The maximum absolute atomic E-state index is 13.2. The molecular formula is C13H12BrFO2S. The van der Waals surface area contributed by atoms with Crippen LogP contribution in [0.4, 0.5) is 4.39 Å². The minimum atomic E-state index is -0.696. The first-order valence-corrected chi connectivity index (χ1v) is 7.02. The molecule has 2 aromatic rings. The lowest BCUT2D eigenvalue weighted by molar-refractivity contribution is 0.178. The summed E-state index contributed by atoms with van der Waals surface area (Å²) in [5, 5.41) is 12.0. The van der Waals surface area contributed by atoms with E-state index in [0.717, 1.165) is 14.9 Å². The van der Waals surface area contributed by atoms with Crippen LogP contribution in [0.1, 0.15) is 16.5 Å². The molecule has 1 aromatic carbocycles. The van der Waals surface area contributed by atoms with Gasteiger partial charge in [-0.25, -0.2) is 4.39 Å². The predicted molar refractivity (Wildman–Crippen MR) is 73.6 cm³/mol. The summed E-state index contributed by atoms with van der Waals surface area (Å²) in [5.74, 6) is 0.360. The highest BCUT2D eigenvalue weighted by atomic mass is 79.9. The van der Waals surface area contributed by atoms with Gasteiger partial charge < -0.3 is 9.84 Å². The van der Waals surface area contributed by atoms with Crippen LogP contribution in [-0.2, 0) is 6.42 Å². The zero-order valence-electron chi connectivity index (χ0n) is 9.69. The van der Waals surface area contributed by atoms with Gasteiger partial charge >= 0.3 is 0 Å². The molecule has 0 radical (unpaired) electrons. The third-order valence-corrected chi connectivity index (χ3v) is 4.37. The van der Waals surface area contributed by atoms with E-state index in [4.69, 9.17) is 4.74 Å². The molecule has 5 heteroatoms. The Bertz CT molecular complexity index is 542. The molecule has 0 bridgehead atoms. The van der Waals surface area contributed by atoms with E-state index in [9.17, 15) is 9.50 Å². The summed E-state index contributed by atoms with van der Waals surface area (Å²) >= 11 is 4.78. The average Bonchev–Trinajstić information content (AvgIpc) is 2.82. The van der Waals surface area contributed by atoms with Gasteiger partial charge in [0.25, 0.3) is 0 Å². The molecule has 0 aliphatic rings. The van der Waals surface area contributed by atoms with Crippen molar-refractivity contribution in [1.82, 2.24) is 0 Å². The number of aliphatic hydroxyl groups excluding tert-OH is 1. The van der Waals surface area contributed by atoms with Gasteiger partial charge in [-0.2, -0.15) is 0 Å². The molecule has 1 heterocycles. The van der Waals surface area contributed by atoms with E-state index < -0.39 is 6.10 Å². The lowest BCUT2D eigenvalue weighted by atomic mass is 10.1. The predicted octanol–water partition coefficient (Wildman–Crippen LogP) is 3.93. The lowest BCUT2D eigenvalue weighted by Gasteiger charge is -2.12. The van der Waals surface area contributed by atoms with E-state index >= 15 is 0 Å². The third-order valence-electron chi connectivity index (χ3n) is 2.60. The molecule has 0 spiro atoms. The molecule has 1 N–H and O–H groups in total. The number of benzene rings is 1. The molecule has 0 amide bonds. The summed E-state index contributed by atoms with van der Waals surface area (Å²) in [7, 11) is 1.57. The monoisotopic (exact) mass is 330 g/mol. The van der Waals surface area contributed by atoms with Crippen LogP contribution in [-0.4, -0.2) is 12.2 Å². The quantitative estimate of drug-likeness (QED) is 0.920. The Morgan fingerprint density at radius 2 is 2.22 bits per heavy atom. The van der Waals surface area contributed by atoms with Crippen molar-refractivity contribution < 1.29 is 14.2 Å². The SMILES string of the molecule is COc1ccsc1C(O)Cc1cc(F)ccc1Br. The second-order valence-electron chi connectivity index (χ2n) is 3.81. The largest absolute Gasteiger partial charge is 0.495 e. The molecule has 2 rings (SSSR count). The van der Waals surface area contributed by atoms with Crippen LogP contribution in [0.15, 0.2) is 34.1 Å². The second kappa shape index (κ2) is 5.82. The van der Waals surface area contributed by atoms with Crippen molar-refractivity contribution in [3.8, 4) is 5.75 Å². The van der Waals surface area contributed by atoms with Crippen molar-refractivity contribution in [2.45, 2.75) is 12.5 Å². The smallest absolute Gasteiger partial charge is 0.135 e. The highest BCUT2D eigenvalue weighted by Gasteiger charge is 2.17. The Hall–Kier alpha value is -0.910. The molecule has 18 heavy (non-hydrogen) atoms. The van der Waals surface area contributed by atoms with Crippen molar-refractivity contribution >= 4 is 27.3 Å². The molecule has 0 fully saturated rings. The molecule has 1 atom stereocenters. The van der Waals surface area contributed by atoms with Crippen LogP contribution in [0.5, 0.6) is 5.75 Å². The number of methoxy groups -OCH3 is 1. The van der Waals surface area contributed by atoms with Crippen LogP contribution in [0, 0.1) is 5.82 Å². The molecule has 1 unspecified atom stereocenters. The van der Waals surface area contributed by atoms with Gasteiger partial charge in [0.05, 0.1) is 18.1 Å². The van der Waals surface area contributed by atoms with Crippen molar-refractivity contribution in [3.05, 3.63) is 50.4 Å². The van der Waals surface area contributed by atoms with Gasteiger partial charge in [0.1, 0.15) is 11.6 Å². The fourth-order valence-corrected chi connectivity index (χ4v) is 2.98. The number of hydrogen-bond acceptors (Lipinski definition) is 3. The normalized spacial score (nSPS) is 12.4. The van der Waals surface area contributed by atoms with Gasteiger partial charge in [-0.1, -0.05) is 15.9 Å². The van der Waals surface area contributed by atoms with Gasteiger partial charge in [0.15, 0.2) is 0 Å². The van der Waals surface area contributed by atoms with Crippen molar-refractivity contribution in [2.24, 2.45) is 0 Å². The number of rotatable bonds is 4. The highest BCUT2D eigenvalue weighted by Crippen LogP contribution is 2.33. The Balaban J connectivity index is 2.21. The number of thiophene rings is 1. The Morgan fingerprint density at radius 3 is 2.94 bits per heavy atom. The van der Waals surface area contributed by atoms with Crippen LogP contribution in [0.3, 0.4) is 0 Å². The maximum Gasteiger partial charge on any atom is 0.135 e. The van der Waals surface area contributed by atoms with E-state index in [1.807, 2.05) is 11.4 Å². The first-order chi connectivity index (χ1) is 8.61. The minimum Gasteiger partial charge on any atom is -0.495 e. The number of halogens is 2. The van der Waals surface area contributed by atoms with Crippen molar-refractivity contribution in [2.75, 3.05) is 7.11 Å². The van der Waals surface area contributed by atoms with Gasteiger partial charge in [-0.05, 0) is 35.2 Å². The molecule has 2 nitrogen and oxygen atoms in total. The Labute approximate surface area is 117 Å². The second-order valence-corrected chi connectivity index (χ2v) is 5.61. The van der Waals surface area contributed by atoms with Crippen molar-refractivity contribution in [1.29, 1.82) is 0 Å². The Morgan fingerprint density at radius 1 is 1.44 bits per heavy atom. The third kappa shape index (κ3) is 2.91.